The molecule has 160 valence electrons. The van der Waals surface area contributed by atoms with E-state index in [1.165, 1.54) is 0 Å². The Labute approximate surface area is 172 Å². The van der Waals surface area contributed by atoms with Crippen LogP contribution in [-0.2, 0) is 14.1 Å². The lowest BCUT2D eigenvalue weighted by Gasteiger charge is -2.32. The second-order valence-corrected chi connectivity index (χ2v) is 8.92. The number of hydrogen-bond donors (Lipinski definition) is 2. The molecule has 2 aliphatic rings. The van der Waals surface area contributed by atoms with E-state index in [0.717, 1.165) is 11.9 Å². The normalized spacial score (nSPS) is 24.0. The minimum atomic E-state index is -1.34. The Morgan fingerprint density at radius 2 is 1.90 bits per heavy atom. The molecular formula is C19H31BN4O5. The van der Waals surface area contributed by atoms with Crippen LogP contribution in [0.25, 0.3) is 0 Å². The Bertz CT molecular complexity index is 714. The first kappa shape index (κ1) is 22.0. The summed E-state index contributed by atoms with van der Waals surface area (Å²) in [6, 6.07) is 0. The number of nitrogens with zero attached hydrogens (tertiary/aromatic N) is 4. The molecule has 0 radical (unpaired) electrons. The van der Waals surface area contributed by atoms with Crippen molar-refractivity contribution < 1.29 is 24.3 Å². The molecule has 2 aliphatic heterocycles. The van der Waals surface area contributed by atoms with Gasteiger partial charge in [0.15, 0.2) is 6.10 Å². The van der Waals surface area contributed by atoms with Crippen molar-refractivity contribution in [2.75, 3.05) is 38.2 Å². The van der Waals surface area contributed by atoms with Crippen LogP contribution in [0.15, 0.2) is 12.4 Å². The van der Waals surface area contributed by atoms with Crippen LogP contribution in [0.4, 0.5) is 5.95 Å². The summed E-state index contributed by atoms with van der Waals surface area (Å²) >= 11 is 0. The predicted octanol–water partition coefficient (Wildman–Crippen LogP) is -0.586. The molecule has 1 amide bonds. The molecule has 1 aromatic rings. The molecule has 2 N–H and O–H groups in total. The van der Waals surface area contributed by atoms with E-state index in [2.05, 4.69) is 9.97 Å². The third-order valence-electron chi connectivity index (χ3n) is 6.11. The van der Waals surface area contributed by atoms with Crippen molar-refractivity contribution in [3.8, 4) is 0 Å². The fraction of sp³-hybridized carbons (Fsp3) is 0.737. The number of hydrogen-bond acceptors (Lipinski definition) is 8. The first-order valence-corrected chi connectivity index (χ1v) is 10.0. The van der Waals surface area contributed by atoms with Gasteiger partial charge in [0.05, 0.1) is 17.8 Å². The number of amides is 1. The zero-order valence-electron chi connectivity index (χ0n) is 17.8. The number of carbonyl (C=O) groups excluding carboxylic acids is 1. The van der Waals surface area contributed by atoms with Crippen LogP contribution >= 0.6 is 0 Å². The highest BCUT2D eigenvalue weighted by Crippen LogP contribution is 2.36. The molecule has 2 fully saturated rings. The third-order valence-corrected chi connectivity index (χ3v) is 6.11. The van der Waals surface area contributed by atoms with E-state index in [-0.39, 0.29) is 5.92 Å². The van der Waals surface area contributed by atoms with Crippen molar-refractivity contribution in [1.29, 1.82) is 0 Å². The van der Waals surface area contributed by atoms with Gasteiger partial charge < -0.3 is 29.3 Å². The van der Waals surface area contributed by atoms with Gasteiger partial charge in [-0.3, -0.25) is 4.79 Å². The van der Waals surface area contributed by atoms with Gasteiger partial charge in [-0.25, -0.2) is 9.97 Å². The lowest BCUT2D eigenvalue weighted by Crippen LogP contribution is -2.41. The second-order valence-electron chi connectivity index (χ2n) is 8.92. The van der Waals surface area contributed by atoms with Crippen LogP contribution < -0.4 is 10.4 Å². The maximum Gasteiger partial charge on any atom is 0.498 e. The predicted molar refractivity (Wildman–Crippen MR) is 109 cm³/mol. The van der Waals surface area contributed by atoms with E-state index in [4.69, 9.17) is 14.4 Å². The molecule has 1 aromatic heterocycles. The first-order chi connectivity index (χ1) is 13.5. The molecule has 29 heavy (non-hydrogen) atoms. The summed E-state index contributed by atoms with van der Waals surface area (Å²) in [5.74, 6) is 0.423. The van der Waals surface area contributed by atoms with Gasteiger partial charge in [0, 0.05) is 44.5 Å². The van der Waals surface area contributed by atoms with Crippen molar-refractivity contribution >= 4 is 24.4 Å². The molecule has 2 atom stereocenters. The maximum absolute atomic E-state index is 12.0. The average molecular weight is 406 g/mol. The van der Waals surface area contributed by atoms with Crippen LogP contribution in [-0.4, -0.2) is 88.7 Å². The molecule has 3 heterocycles. The number of aliphatic hydroxyl groups is 2. The van der Waals surface area contributed by atoms with E-state index < -0.39 is 36.9 Å². The third kappa shape index (κ3) is 4.55. The second kappa shape index (κ2) is 8.18. The molecule has 0 bridgehead atoms. The van der Waals surface area contributed by atoms with Crippen molar-refractivity contribution in [3.05, 3.63) is 12.4 Å². The van der Waals surface area contributed by atoms with Crippen molar-refractivity contribution in [2.24, 2.45) is 5.92 Å². The summed E-state index contributed by atoms with van der Waals surface area (Å²) in [7, 11) is 1.42. The van der Waals surface area contributed by atoms with E-state index in [1.54, 1.807) is 17.3 Å². The van der Waals surface area contributed by atoms with Crippen molar-refractivity contribution in [3.63, 3.8) is 0 Å². The lowest BCUT2D eigenvalue weighted by molar-refractivity contribution is -0.141. The van der Waals surface area contributed by atoms with Gasteiger partial charge in [-0.15, -0.1) is 0 Å². The van der Waals surface area contributed by atoms with E-state index in [9.17, 15) is 9.90 Å². The van der Waals surface area contributed by atoms with Gasteiger partial charge in [-0.05, 0) is 40.0 Å². The van der Waals surface area contributed by atoms with Gasteiger partial charge in [-0.1, -0.05) is 0 Å². The molecule has 10 heteroatoms. The Balaban J connectivity index is 1.56. The van der Waals surface area contributed by atoms with Gasteiger partial charge in [0.1, 0.15) is 0 Å². The summed E-state index contributed by atoms with van der Waals surface area (Å²) in [5.41, 5.74) is -0.0539. The van der Waals surface area contributed by atoms with Gasteiger partial charge >= 0.3 is 7.12 Å². The largest absolute Gasteiger partial charge is 0.498 e. The molecule has 0 saturated carbocycles. The molecule has 2 unspecified atom stereocenters. The van der Waals surface area contributed by atoms with Crippen LogP contribution in [0.2, 0.25) is 0 Å². The van der Waals surface area contributed by atoms with Crippen LogP contribution in [0, 0.1) is 5.92 Å². The zero-order chi connectivity index (χ0) is 21.4. The fourth-order valence-corrected chi connectivity index (χ4v) is 3.57. The number of carbonyl (C=O) groups is 1. The highest BCUT2D eigenvalue weighted by atomic mass is 16.7. The summed E-state index contributed by atoms with van der Waals surface area (Å²) < 4.78 is 12.1. The monoisotopic (exact) mass is 406 g/mol. The average Bonchev–Trinajstić information content (AvgIpc) is 3.22. The standard InChI is InChI=1S/C19H31BN4O5/c1-18(2)19(3,4)29-20(28-18)14-8-21-17(22-9-14)23(5)10-13-6-7-24(11-13)16(27)15(26)12-25/h8-9,13,15,25-26H,6-7,10-12H2,1-5H3. The highest BCUT2D eigenvalue weighted by molar-refractivity contribution is 6.61. The van der Waals surface area contributed by atoms with Gasteiger partial charge in [0.25, 0.3) is 5.91 Å². The molecule has 0 aromatic carbocycles. The minimum absolute atomic E-state index is 0.251. The summed E-state index contributed by atoms with van der Waals surface area (Å²) in [6.45, 7) is 9.28. The van der Waals surface area contributed by atoms with Crippen LogP contribution in [0.3, 0.4) is 0 Å². The number of rotatable bonds is 6. The molecule has 9 nitrogen and oxygen atoms in total. The minimum Gasteiger partial charge on any atom is -0.399 e. The SMILES string of the molecule is CN(CC1CCN(C(=O)C(O)CO)C1)c1ncc(B2OC(C)(C)C(C)(C)O2)cn1. The van der Waals surface area contributed by atoms with Crippen LogP contribution in [0.5, 0.6) is 0 Å². The summed E-state index contributed by atoms with van der Waals surface area (Å²) in [6.07, 6.45) is 2.95. The smallest absolute Gasteiger partial charge is 0.399 e. The molecular weight excluding hydrogens is 375 g/mol. The first-order valence-electron chi connectivity index (χ1n) is 10.0. The maximum atomic E-state index is 12.0. The highest BCUT2D eigenvalue weighted by Gasteiger charge is 2.52. The lowest BCUT2D eigenvalue weighted by atomic mass is 9.81. The molecule has 2 saturated heterocycles. The van der Waals surface area contributed by atoms with E-state index in [1.807, 2.05) is 39.6 Å². The van der Waals surface area contributed by atoms with Gasteiger partial charge in [-0.2, -0.15) is 0 Å². The number of likely N-dealkylation sites (tertiary alicyclic amines) is 1. The summed E-state index contributed by atoms with van der Waals surface area (Å²) in [5, 5.41) is 18.5. The molecule has 0 spiro atoms. The number of anilines is 1. The quantitative estimate of drug-likeness (QED) is 0.604. The zero-order valence-corrected chi connectivity index (χ0v) is 17.8. The number of aliphatic hydroxyl groups excluding tert-OH is 2. The molecule has 0 aliphatic carbocycles. The topological polar surface area (TPSA) is 108 Å². The van der Waals surface area contributed by atoms with Gasteiger partial charge in [0.2, 0.25) is 5.95 Å². The number of aromatic nitrogens is 2. The molecule has 3 rings (SSSR count). The van der Waals surface area contributed by atoms with Crippen molar-refractivity contribution in [2.45, 2.75) is 51.4 Å². The van der Waals surface area contributed by atoms with E-state index >= 15 is 0 Å². The Morgan fingerprint density at radius 3 is 2.45 bits per heavy atom. The summed E-state index contributed by atoms with van der Waals surface area (Å²) in [4.78, 5) is 24.5. The fourth-order valence-electron chi connectivity index (χ4n) is 3.57. The Morgan fingerprint density at radius 1 is 1.31 bits per heavy atom. The Hall–Kier alpha value is -1.75. The Kier molecular flexibility index (Phi) is 6.19. The van der Waals surface area contributed by atoms with Crippen LogP contribution in [0.1, 0.15) is 34.1 Å². The van der Waals surface area contributed by atoms with E-state index in [0.29, 0.717) is 25.6 Å². The van der Waals surface area contributed by atoms with Crippen molar-refractivity contribution in [1.82, 2.24) is 14.9 Å².